The molecule has 2 fully saturated rings. The second-order valence-corrected chi connectivity index (χ2v) is 9.69. The number of anilines is 1. The number of pyridine rings is 1. The number of aromatic nitrogens is 1. The summed E-state index contributed by atoms with van der Waals surface area (Å²) in [6.07, 6.45) is 7.81. The summed E-state index contributed by atoms with van der Waals surface area (Å²) in [5.74, 6) is 0.472. The normalized spacial score (nSPS) is 16.4. The molecule has 0 spiro atoms. The van der Waals surface area contributed by atoms with Crippen molar-refractivity contribution in [2.24, 2.45) is 4.99 Å². The monoisotopic (exact) mass is 563 g/mol. The predicted octanol–water partition coefficient (Wildman–Crippen LogP) is -3.18. The maximum atomic E-state index is 12.0. The van der Waals surface area contributed by atoms with E-state index in [9.17, 15) is 19.8 Å². The molecule has 0 radical (unpaired) electrons. The molecule has 2 aliphatic rings. The number of hydrogen-bond acceptors (Lipinski definition) is 8. The number of carbonyl (C=O) groups is 3. The van der Waals surface area contributed by atoms with Crippen LogP contribution in [0.25, 0.3) is 11.0 Å². The van der Waals surface area contributed by atoms with Gasteiger partial charge in [0.25, 0.3) is 0 Å². The van der Waals surface area contributed by atoms with Crippen LogP contribution < -0.4 is 48.4 Å². The molecule has 0 aliphatic carbocycles. The van der Waals surface area contributed by atoms with E-state index in [0.29, 0.717) is 49.7 Å². The Morgan fingerprint density at radius 2 is 2.00 bits per heavy atom. The van der Waals surface area contributed by atoms with Gasteiger partial charge in [0.05, 0.1) is 19.0 Å². The van der Waals surface area contributed by atoms with Crippen molar-refractivity contribution in [3.8, 4) is 0 Å². The predicted molar refractivity (Wildman–Crippen MR) is 152 cm³/mol. The van der Waals surface area contributed by atoms with Gasteiger partial charge in [-0.15, -0.1) is 24.7 Å². The van der Waals surface area contributed by atoms with Gasteiger partial charge < -0.3 is 73.0 Å². The third-order valence-electron chi connectivity index (χ3n) is 5.42. The molecule has 2 aliphatic heterocycles. The molecular weight excluding hydrogens is 528 g/mol. The number of nitrogens with one attached hydrogen (secondary N) is 2. The van der Waals surface area contributed by atoms with E-state index < -0.39 is 11.7 Å². The number of nitrogens with zero attached hydrogens (tertiary/aromatic N) is 5. The van der Waals surface area contributed by atoms with Gasteiger partial charge in [-0.2, -0.15) is 12.4 Å². The summed E-state index contributed by atoms with van der Waals surface area (Å²) >= 11 is 0. The van der Waals surface area contributed by atoms with Gasteiger partial charge in [0.2, 0.25) is 5.91 Å². The fourth-order valence-electron chi connectivity index (χ4n) is 3.44. The zero-order chi connectivity index (χ0) is 29.7. The Balaban J connectivity index is 0.000000897. The van der Waals surface area contributed by atoms with Crippen molar-refractivity contribution in [1.82, 2.24) is 20.1 Å². The zero-order valence-corrected chi connectivity index (χ0v) is 25.1. The van der Waals surface area contributed by atoms with Gasteiger partial charge in [0.15, 0.2) is 0 Å². The topological polar surface area (TPSA) is 148 Å². The van der Waals surface area contributed by atoms with E-state index in [-0.39, 0.29) is 68.3 Å². The molecule has 42 heavy (non-hydrogen) atoms. The minimum absolute atomic E-state index is 0. The molecule has 218 valence electrons. The van der Waals surface area contributed by atoms with E-state index in [0.717, 1.165) is 12.3 Å². The fraction of sp³-hybridized carbons (Fsp3) is 0.429. The maximum absolute atomic E-state index is 12.0. The molecule has 0 bridgehead atoms. The average molecular weight is 564 g/mol. The zero-order valence-electron chi connectivity index (χ0n) is 25.1. The van der Waals surface area contributed by atoms with Crippen LogP contribution in [0.1, 0.15) is 32.8 Å². The van der Waals surface area contributed by atoms with Crippen molar-refractivity contribution in [2.75, 3.05) is 38.0 Å². The first kappa shape index (κ1) is 39.0. The molecule has 0 aromatic carbocycles. The second-order valence-electron chi connectivity index (χ2n) is 9.69. The minimum atomic E-state index is -0.519. The van der Waals surface area contributed by atoms with Gasteiger partial charge in [0, 0.05) is 25.1 Å². The Labute approximate surface area is 272 Å². The van der Waals surface area contributed by atoms with E-state index in [1.807, 2.05) is 20.8 Å². The fourth-order valence-corrected chi connectivity index (χ4v) is 3.44. The third-order valence-corrected chi connectivity index (χ3v) is 5.42. The number of aliphatic imine (C=N–C) groups is 1. The smallest absolute Gasteiger partial charge is 0.911 e. The average Bonchev–Trinajstić information content (AvgIpc) is 3.28. The SMILES string of the molecule is [CH-]=C[C-]=N[C-]=C(C=[N-])c1cccnc1NC1CN(C(=O)OC(C)(C)C)C1.[CH2-]CN(C[CH2-])C(=O)O[C@@H]1CNC(=O)C1.[Li+].[Li+]. The van der Waals surface area contributed by atoms with Crippen molar-refractivity contribution in [1.29, 1.82) is 0 Å². The first-order valence-electron chi connectivity index (χ1n) is 12.6. The van der Waals surface area contributed by atoms with Crippen LogP contribution >= 0.6 is 0 Å². The summed E-state index contributed by atoms with van der Waals surface area (Å²) in [5, 5.41) is 15.3. The Kier molecular flexibility index (Phi) is 17.8. The van der Waals surface area contributed by atoms with E-state index in [4.69, 9.17) is 16.1 Å². The summed E-state index contributed by atoms with van der Waals surface area (Å²) in [6.45, 7) is 19.8. The number of ether oxygens (including phenoxy) is 2. The minimum Gasteiger partial charge on any atom is -0.911 e. The number of amides is 3. The molecule has 1 aromatic rings. The summed E-state index contributed by atoms with van der Waals surface area (Å²) in [5.41, 5.74) is 0.431. The third kappa shape index (κ3) is 12.9. The molecule has 14 heteroatoms. The van der Waals surface area contributed by atoms with Gasteiger partial charge in [0.1, 0.15) is 11.7 Å². The van der Waals surface area contributed by atoms with Gasteiger partial charge >= 0.3 is 49.9 Å². The van der Waals surface area contributed by atoms with E-state index in [1.54, 1.807) is 23.2 Å². The molecule has 0 unspecified atom stereocenters. The van der Waals surface area contributed by atoms with Crippen molar-refractivity contribution in [2.45, 2.75) is 44.9 Å². The number of hydrogen-bond donors (Lipinski definition) is 2. The van der Waals surface area contributed by atoms with Crippen molar-refractivity contribution in [3.05, 3.63) is 62.0 Å². The second kappa shape index (κ2) is 19.2. The van der Waals surface area contributed by atoms with E-state index in [2.05, 4.69) is 46.9 Å². The quantitative estimate of drug-likeness (QED) is 0.183. The molecular formula is C28H35Li2N7O5-4. The van der Waals surface area contributed by atoms with Gasteiger partial charge in [-0.3, -0.25) is 15.4 Å². The van der Waals surface area contributed by atoms with Crippen LogP contribution in [0.4, 0.5) is 15.4 Å². The summed E-state index contributed by atoms with van der Waals surface area (Å²) in [4.78, 5) is 45.1. The van der Waals surface area contributed by atoms with E-state index >= 15 is 0 Å². The molecule has 1 aromatic heterocycles. The Hall–Kier alpha value is -3.03. The van der Waals surface area contributed by atoms with Crippen LogP contribution in [0.5, 0.6) is 0 Å². The number of likely N-dealkylation sites (tertiary alicyclic amines) is 1. The van der Waals surface area contributed by atoms with Crippen molar-refractivity contribution < 1.29 is 61.6 Å². The Bertz CT molecular complexity index is 1110. The molecule has 3 rings (SSSR count). The molecule has 2 saturated heterocycles. The summed E-state index contributed by atoms with van der Waals surface area (Å²) in [7, 11) is 0. The summed E-state index contributed by atoms with van der Waals surface area (Å²) < 4.78 is 10.4. The Morgan fingerprint density at radius 1 is 1.33 bits per heavy atom. The van der Waals surface area contributed by atoms with Crippen LogP contribution in [0.3, 0.4) is 0 Å². The summed E-state index contributed by atoms with van der Waals surface area (Å²) in [6, 6.07) is 3.54. The molecule has 3 heterocycles. The first-order valence-corrected chi connectivity index (χ1v) is 12.6. The van der Waals surface area contributed by atoms with Crippen LogP contribution in [0.15, 0.2) is 29.4 Å². The number of allylic oxidation sites excluding steroid dienone is 2. The van der Waals surface area contributed by atoms with Gasteiger partial charge in [-0.05, 0) is 20.8 Å². The van der Waals surface area contributed by atoms with Crippen molar-refractivity contribution >= 4 is 41.9 Å². The molecule has 3 amide bonds. The van der Waals surface area contributed by atoms with Crippen molar-refractivity contribution in [3.63, 3.8) is 0 Å². The van der Waals surface area contributed by atoms with Crippen LogP contribution in [-0.4, -0.2) is 95.8 Å². The largest absolute Gasteiger partial charge is 1.00 e. The molecule has 1 atom stereocenters. The Morgan fingerprint density at radius 3 is 2.52 bits per heavy atom. The van der Waals surface area contributed by atoms with Crippen LogP contribution in [0, 0.1) is 26.6 Å². The van der Waals surface area contributed by atoms with Gasteiger partial charge in [-0.25, -0.2) is 9.59 Å². The number of rotatable bonds is 9. The van der Waals surface area contributed by atoms with Gasteiger partial charge in [-0.1, -0.05) is 6.07 Å². The molecule has 0 saturated carbocycles. The maximum Gasteiger partial charge on any atom is 1.00 e. The van der Waals surface area contributed by atoms with Crippen LogP contribution in [0.2, 0.25) is 0 Å². The van der Waals surface area contributed by atoms with E-state index in [1.165, 1.54) is 4.90 Å². The standard InChI is InChI=1S/C19H21N5O2.C9H14N2O3.2Li/c1-5-8-21-11-14(10-20)16-7-6-9-22-17(16)23-15-12-24(13-15)18(25)26-19(2,3)4;1-3-11(4-2)9(13)14-7-5-8(12)10-6-7;;/h1,5-7,9-10,15H,12-13H2,2-4H3,(H,22,23);7H,1-6H2,(H,10,12);;/q-4;-2;2*+1/t;7-;;/m.0../s1. The van der Waals surface area contributed by atoms with Crippen LogP contribution in [-0.2, 0) is 14.3 Å². The number of carbonyl (C=O) groups excluding carboxylic acids is 3. The molecule has 2 N–H and O–H groups in total. The first-order chi connectivity index (χ1) is 19.0. The molecule has 12 nitrogen and oxygen atoms in total.